The summed E-state index contributed by atoms with van der Waals surface area (Å²) in [4.78, 5) is 19.8. The van der Waals surface area contributed by atoms with Gasteiger partial charge in [0.2, 0.25) is 5.91 Å². The number of hydrogen-bond donors (Lipinski definition) is 2. The molecular formula is C25H25N3OS. The van der Waals surface area contributed by atoms with Gasteiger partial charge in [0.05, 0.1) is 12.6 Å². The number of thiophene rings is 1. The molecule has 0 spiro atoms. The molecule has 1 atom stereocenters. The topological polar surface area (TPSA) is 48.1 Å². The monoisotopic (exact) mass is 415 g/mol. The number of nitrogens with zero attached hydrogens (tertiary/aromatic N) is 1. The van der Waals surface area contributed by atoms with Crippen molar-refractivity contribution < 1.29 is 4.79 Å². The molecule has 0 saturated heterocycles. The van der Waals surface area contributed by atoms with Gasteiger partial charge < -0.3 is 10.3 Å². The van der Waals surface area contributed by atoms with Crippen molar-refractivity contribution >= 4 is 28.1 Å². The minimum Gasteiger partial charge on any atom is -0.361 e. The Balaban J connectivity index is 1.25. The van der Waals surface area contributed by atoms with E-state index in [-0.39, 0.29) is 11.9 Å². The minimum atomic E-state index is 0.0921. The quantitative estimate of drug-likeness (QED) is 0.486. The van der Waals surface area contributed by atoms with Crippen LogP contribution in [-0.2, 0) is 17.6 Å². The van der Waals surface area contributed by atoms with Crippen molar-refractivity contribution in [3.05, 3.63) is 93.8 Å². The number of para-hydroxylation sites is 1. The molecule has 30 heavy (non-hydrogen) atoms. The number of fused-ring (bicyclic) bond motifs is 2. The first kappa shape index (κ1) is 19.1. The van der Waals surface area contributed by atoms with Crippen molar-refractivity contribution in [3.63, 3.8) is 0 Å². The van der Waals surface area contributed by atoms with Crippen LogP contribution in [0, 0.1) is 0 Å². The second kappa shape index (κ2) is 8.46. The molecule has 2 aromatic carbocycles. The number of nitrogens with one attached hydrogen (secondary N) is 2. The Morgan fingerprint density at radius 3 is 2.83 bits per heavy atom. The van der Waals surface area contributed by atoms with Gasteiger partial charge in [0.25, 0.3) is 0 Å². The third-order valence-electron chi connectivity index (χ3n) is 5.92. The zero-order valence-electron chi connectivity index (χ0n) is 16.8. The molecule has 3 heterocycles. The standard InChI is InChI=1S/C25H25N3OS/c29-24(26-13-10-19-16-27-22-9-5-4-8-20(19)22)17-28-14-11-23-21(12-15-30-23)25(28)18-6-2-1-3-7-18/h1-9,12,15-16,25,27H,10-11,13-14,17H2,(H,26,29). The van der Waals surface area contributed by atoms with Crippen LogP contribution in [0.3, 0.4) is 0 Å². The second-order valence-corrected chi connectivity index (χ2v) is 8.79. The number of carbonyl (C=O) groups is 1. The van der Waals surface area contributed by atoms with Crippen LogP contribution in [0.1, 0.15) is 27.6 Å². The molecule has 0 bridgehead atoms. The molecule has 152 valence electrons. The lowest BCUT2D eigenvalue weighted by Gasteiger charge is -2.35. The van der Waals surface area contributed by atoms with E-state index in [2.05, 4.69) is 69.1 Å². The molecule has 4 nitrogen and oxygen atoms in total. The van der Waals surface area contributed by atoms with Gasteiger partial charge in [0, 0.05) is 35.1 Å². The molecule has 0 saturated carbocycles. The average Bonchev–Trinajstić information content (AvgIpc) is 3.41. The normalized spacial score (nSPS) is 16.5. The molecular weight excluding hydrogens is 390 g/mol. The van der Waals surface area contributed by atoms with E-state index in [1.165, 1.54) is 27.0 Å². The minimum absolute atomic E-state index is 0.0921. The molecule has 1 aliphatic heterocycles. The first-order chi connectivity index (χ1) is 14.8. The summed E-state index contributed by atoms with van der Waals surface area (Å²) in [6, 6.07) is 21.2. The summed E-state index contributed by atoms with van der Waals surface area (Å²) < 4.78 is 0. The van der Waals surface area contributed by atoms with Gasteiger partial charge in [0.15, 0.2) is 0 Å². The van der Waals surface area contributed by atoms with Crippen LogP contribution in [0.5, 0.6) is 0 Å². The summed E-state index contributed by atoms with van der Waals surface area (Å²) in [5.74, 6) is 0.0921. The van der Waals surface area contributed by atoms with Crippen LogP contribution in [0.2, 0.25) is 0 Å². The molecule has 2 N–H and O–H groups in total. The molecule has 2 aromatic heterocycles. The van der Waals surface area contributed by atoms with Crippen molar-refractivity contribution in [2.45, 2.75) is 18.9 Å². The van der Waals surface area contributed by atoms with Crippen molar-refractivity contribution in [1.29, 1.82) is 0 Å². The van der Waals surface area contributed by atoms with E-state index in [0.717, 1.165) is 24.9 Å². The Hall–Kier alpha value is -2.89. The van der Waals surface area contributed by atoms with E-state index in [1.54, 1.807) is 0 Å². The number of rotatable bonds is 6. The third kappa shape index (κ3) is 3.78. The van der Waals surface area contributed by atoms with E-state index in [0.29, 0.717) is 13.1 Å². The van der Waals surface area contributed by atoms with E-state index >= 15 is 0 Å². The lowest BCUT2D eigenvalue weighted by atomic mass is 9.93. The lowest BCUT2D eigenvalue weighted by Crippen LogP contribution is -2.43. The van der Waals surface area contributed by atoms with Gasteiger partial charge in [-0.2, -0.15) is 0 Å². The lowest BCUT2D eigenvalue weighted by molar-refractivity contribution is -0.122. The van der Waals surface area contributed by atoms with Gasteiger partial charge in [-0.05, 0) is 47.0 Å². The van der Waals surface area contributed by atoms with Crippen LogP contribution < -0.4 is 5.32 Å². The maximum Gasteiger partial charge on any atom is 0.234 e. The fourth-order valence-corrected chi connectivity index (χ4v) is 5.38. The van der Waals surface area contributed by atoms with E-state index < -0.39 is 0 Å². The van der Waals surface area contributed by atoms with Crippen molar-refractivity contribution in [1.82, 2.24) is 15.2 Å². The molecule has 5 rings (SSSR count). The molecule has 0 fully saturated rings. The highest BCUT2D eigenvalue weighted by molar-refractivity contribution is 7.10. The number of benzene rings is 2. The Morgan fingerprint density at radius 2 is 1.93 bits per heavy atom. The van der Waals surface area contributed by atoms with Gasteiger partial charge in [0.1, 0.15) is 0 Å². The highest BCUT2D eigenvalue weighted by atomic mass is 32.1. The fourth-order valence-electron chi connectivity index (χ4n) is 4.48. The first-order valence-electron chi connectivity index (χ1n) is 10.5. The summed E-state index contributed by atoms with van der Waals surface area (Å²) in [7, 11) is 0. The number of carbonyl (C=O) groups excluding carboxylic acids is 1. The van der Waals surface area contributed by atoms with Crippen LogP contribution >= 0.6 is 11.3 Å². The third-order valence-corrected chi connectivity index (χ3v) is 6.92. The van der Waals surface area contributed by atoms with Crippen LogP contribution in [0.25, 0.3) is 10.9 Å². The van der Waals surface area contributed by atoms with Gasteiger partial charge in [-0.1, -0.05) is 48.5 Å². The fraction of sp³-hybridized carbons (Fsp3) is 0.240. The molecule has 1 aliphatic rings. The molecule has 5 heteroatoms. The molecule has 0 radical (unpaired) electrons. The number of aromatic nitrogens is 1. The summed E-state index contributed by atoms with van der Waals surface area (Å²) >= 11 is 1.83. The number of aromatic amines is 1. The zero-order chi connectivity index (χ0) is 20.3. The van der Waals surface area contributed by atoms with Crippen molar-refractivity contribution in [3.8, 4) is 0 Å². The largest absolute Gasteiger partial charge is 0.361 e. The maximum absolute atomic E-state index is 12.8. The predicted molar refractivity (Wildman–Crippen MR) is 123 cm³/mol. The number of H-pyrrole nitrogens is 1. The van der Waals surface area contributed by atoms with E-state index in [4.69, 9.17) is 0 Å². The summed E-state index contributed by atoms with van der Waals surface area (Å²) in [5, 5.41) is 6.54. The average molecular weight is 416 g/mol. The summed E-state index contributed by atoms with van der Waals surface area (Å²) in [5.41, 5.74) is 4.99. The Morgan fingerprint density at radius 1 is 1.10 bits per heavy atom. The van der Waals surface area contributed by atoms with Gasteiger partial charge in [-0.3, -0.25) is 9.69 Å². The predicted octanol–water partition coefficient (Wildman–Crippen LogP) is 4.54. The smallest absolute Gasteiger partial charge is 0.234 e. The zero-order valence-corrected chi connectivity index (χ0v) is 17.6. The highest BCUT2D eigenvalue weighted by Gasteiger charge is 2.30. The van der Waals surface area contributed by atoms with Gasteiger partial charge >= 0.3 is 0 Å². The SMILES string of the molecule is O=C(CN1CCc2sccc2C1c1ccccc1)NCCc1c[nH]c2ccccc12. The molecule has 1 unspecified atom stereocenters. The highest BCUT2D eigenvalue weighted by Crippen LogP contribution is 2.37. The second-order valence-electron chi connectivity index (χ2n) is 7.79. The van der Waals surface area contributed by atoms with E-state index in [9.17, 15) is 4.79 Å². The Bertz CT molecular complexity index is 1150. The maximum atomic E-state index is 12.8. The van der Waals surface area contributed by atoms with Crippen molar-refractivity contribution in [2.24, 2.45) is 0 Å². The van der Waals surface area contributed by atoms with Crippen LogP contribution in [0.4, 0.5) is 0 Å². The van der Waals surface area contributed by atoms with Gasteiger partial charge in [-0.25, -0.2) is 0 Å². The molecule has 0 aliphatic carbocycles. The number of hydrogen-bond acceptors (Lipinski definition) is 3. The van der Waals surface area contributed by atoms with Crippen molar-refractivity contribution in [2.75, 3.05) is 19.6 Å². The Labute approximate surface area is 180 Å². The molecule has 1 amide bonds. The number of amides is 1. The summed E-state index contributed by atoms with van der Waals surface area (Å²) in [6.07, 6.45) is 3.89. The Kier molecular flexibility index (Phi) is 5.39. The summed E-state index contributed by atoms with van der Waals surface area (Å²) in [6.45, 7) is 1.97. The van der Waals surface area contributed by atoms with Crippen LogP contribution in [-0.4, -0.2) is 35.4 Å². The van der Waals surface area contributed by atoms with E-state index in [1.807, 2.05) is 29.7 Å². The first-order valence-corrected chi connectivity index (χ1v) is 11.3. The van der Waals surface area contributed by atoms with Crippen LogP contribution in [0.15, 0.2) is 72.2 Å². The van der Waals surface area contributed by atoms with Gasteiger partial charge in [-0.15, -0.1) is 11.3 Å². The molecule has 4 aromatic rings.